The summed E-state index contributed by atoms with van der Waals surface area (Å²) in [6.45, 7) is 4.84. The maximum atomic E-state index is 12.2. The second-order valence-corrected chi connectivity index (χ2v) is 7.96. The molecule has 0 atom stereocenters. The first-order valence-corrected chi connectivity index (χ1v) is 9.38. The fraction of sp³-hybridized carbons (Fsp3) is 0.562. The molecule has 0 aliphatic heterocycles. The number of rotatable bonds is 9. The summed E-state index contributed by atoms with van der Waals surface area (Å²) in [4.78, 5) is 13.8. The van der Waals surface area contributed by atoms with Gasteiger partial charge in [0.15, 0.2) is 9.84 Å². The van der Waals surface area contributed by atoms with E-state index in [1.807, 2.05) is 44.2 Å². The molecule has 0 bridgehead atoms. The van der Waals surface area contributed by atoms with Crippen LogP contribution in [0.2, 0.25) is 0 Å². The molecule has 1 amide bonds. The molecule has 1 aromatic rings. The third kappa shape index (κ3) is 8.93. The first-order valence-electron chi connectivity index (χ1n) is 7.56. The number of halogens is 1. The highest BCUT2D eigenvalue weighted by Crippen LogP contribution is 2.05. The summed E-state index contributed by atoms with van der Waals surface area (Å²) in [6.07, 6.45) is 0.691. The molecule has 0 aromatic heterocycles. The molecule has 1 rings (SSSR count). The summed E-state index contributed by atoms with van der Waals surface area (Å²) in [5.41, 5.74) is 6.65. The van der Waals surface area contributed by atoms with E-state index in [2.05, 4.69) is 0 Å². The summed E-state index contributed by atoms with van der Waals surface area (Å²) >= 11 is 0. The molecular formula is C16H27ClN2O3S. The summed E-state index contributed by atoms with van der Waals surface area (Å²) in [7, 11) is -3.36. The van der Waals surface area contributed by atoms with E-state index >= 15 is 0 Å². The van der Waals surface area contributed by atoms with Crippen LogP contribution in [0.1, 0.15) is 19.4 Å². The van der Waals surface area contributed by atoms with Crippen molar-refractivity contribution in [3.63, 3.8) is 0 Å². The van der Waals surface area contributed by atoms with Crippen molar-refractivity contribution in [3.05, 3.63) is 35.9 Å². The topological polar surface area (TPSA) is 80.5 Å². The van der Waals surface area contributed by atoms with Gasteiger partial charge in [-0.25, -0.2) is 8.42 Å². The van der Waals surface area contributed by atoms with Crippen LogP contribution in [0.4, 0.5) is 0 Å². The monoisotopic (exact) mass is 362 g/mol. The predicted octanol–water partition coefficient (Wildman–Crippen LogP) is 1.51. The molecule has 0 unspecified atom stereocenters. The second-order valence-electron chi connectivity index (χ2n) is 5.85. The zero-order valence-corrected chi connectivity index (χ0v) is 15.4. The van der Waals surface area contributed by atoms with Gasteiger partial charge in [-0.1, -0.05) is 44.2 Å². The Morgan fingerprint density at radius 2 is 1.78 bits per heavy atom. The molecule has 7 heteroatoms. The Kier molecular flexibility index (Phi) is 10.1. The fourth-order valence-electron chi connectivity index (χ4n) is 2.27. The predicted molar refractivity (Wildman–Crippen MR) is 96.5 cm³/mol. The highest BCUT2D eigenvalue weighted by Gasteiger charge is 2.22. The molecule has 1 aromatic carbocycles. The Labute approximate surface area is 145 Å². The van der Waals surface area contributed by atoms with Gasteiger partial charge in [0.05, 0.1) is 5.75 Å². The molecular weight excluding hydrogens is 336 g/mol. The van der Waals surface area contributed by atoms with Gasteiger partial charge in [0.1, 0.15) is 5.75 Å². The third-order valence-electron chi connectivity index (χ3n) is 3.20. The van der Waals surface area contributed by atoms with Gasteiger partial charge in [-0.2, -0.15) is 0 Å². The van der Waals surface area contributed by atoms with Gasteiger partial charge >= 0.3 is 0 Å². The largest absolute Gasteiger partial charge is 0.340 e. The standard InChI is InChI=1S/C16H26N2O3S.ClH/c1-14(2)12-22(20,21)13-16(19)18(11-9-17)10-8-15-6-4-3-5-7-15;/h3-7,14H,8-13,17H2,1-2H3;1H. The fourth-order valence-corrected chi connectivity index (χ4v) is 3.96. The minimum atomic E-state index is -3.36. The Balaban J connectivity index is 0.00000484. The molecule has 0 aliphatic rings. The molecule has 0 fully saturated rings. The van der Waals surface area contributed by atoms with Crippen LogP contribution in [0, 0.1) is 5.92 Å². The Morgan fingerprint density at radius 3 is 2.30 bits per heavy atom. The quantitative estimate of drug-likeness (QED) is 0.722. The summed E-state index contributed by atoms with van der Waals surface area (Å²) in [6, 6.07) is 9.79. The van der Waals surface area contributed by atoms with Crippen molar-refractivity contribution in [2.75, 3.05) is 31.1 Å². The van der Waals surface area contributed by atoms with Crippen molar-refractivity contribution in [1.29, 1.82) is 0 Å². The SMILES string of the molecule is CC(C)CS(=O)(=O)CC(=O)N(CCN)CCc1ccccc1.Cl. The molecule has 23 heavy (non-hydrogen) atoms. The van der Waals surface area contributed by atoms with E-state index in [0.717, 1.165) is 5.56 Å². The number of amides is 1. The van der Waals surface area contributed by atoms with E-state index in [4.69, 9.17) is 5.73 Å². The Bertz CT molecular complexity index is 562. The average molecular weight is 363 g/mol. The van der Waals surface area contributed by atoms with Crippen molar-refractivity contribution in [2.45, 2.75) is 20.3 Å². The van der Waals surface area contributed by atoms with Gasteiger partial charge in [0.2, 0.25) is 5.91 Å². The lowest BCUT2D eigenvalue weighted by Crippen LogP contribution is -2.40. The maximum absolute atomic E-state index is 12.2. The second kappa shape index (κ2) is 10.6. The van der Waals surface area contributed by atoms with Crippen LogP contribution in [0.25, 0.3) is 0 Å². The van der Waals surface area contributed by atoms with Crippen molar-refractivity contribution in [2.24, 2.45) is 11.7 Å². The van der Waals surface area contributed by atoms with Gasteiger partial charge in [-0.15, -0.1) is 12.4 Å². The number of carbonyl (C=O) groups is 1. The van der Waals surface area contributed by atoms with E-state index < -0.39 is 15.6 Å². The zero-order chi connectivity index (χ0) is 16.6. The van der Waals surface area contributed by atoms with E-state index in [-0.39, 0.29) is 30.0 Å². The van der Waals surface area contributed by atoms with Gasteiger partial charge in [-0.3, -0.25) is 4.79 Å². The number of nitrogens with zero attached hydrogens (tertiary/aromatic N) is 1. The van der Waals surface area contributed by atoms with E-state index in [1.165, 1.54) is 0 Å². The van der Waals surface area contributed by atoms with Crippen molar-refractivity contribution in [1.82, 2.24) is 4.90 Å². The summed E-state index contributed by atoms with van der Waals surface area (Å²) < 4.78 is 23.9. The van der Waals surface area contributed by atoms with E-state index in [0.29, 0.717) is 26.1 Å². The summed E-state index contributed by atoms with van der Waals surface area (Å²) in [5, 5.41) is 0. The maximum Gasteiger partial charge on any atom is 0.237 e. The lowest BCUT2D eigenvalue weighted by atomic mass is 10.1. The number of sulfone groups is 1. The summed E-state index contributed by atoms with van der Waals surface area (Å²) in [5.74, 6) is -0.736. The van der Waals surface area contributed by atoms with E-state index in [1.54, 1.807) is 4.90 Å². The molecule has 0 saturated carbocycles. The highest BCUT2D eigenvalue weighted by molar-refractivity contribution is 7.92. The number of carbonyl (C=O) groups excluding carboxylic acids is 1. The highest BCUT2D eigenvalue weighted by atomic mass is 35.5. The molecule has 0 saturated heterocycles. The molecule has 132 valence electrons. The van der Waals surface area contributed by atoms with Crippen LogP contribution >= 0.6 is 12.4 Å². The van der Waals surface area contributed by atoms with Gasteiger partial charge < -0.3 is 10.6 Å². The van der Waals surface area contributed by atoms with Gasteiger partial charge in [0.25, 0.3) is 0 Å². The van der Waals surface area contributed by atoms with Gasteiger partial charge in [0, 0.05) is 19.6 Å². The average Bonchev–Trinajstić information content (AvgIpc) is 2.42. The molecule has 2 N–H and O–H groups in total. The lowest BCUT2D eigenvalue weighted by molar-refractivity contribution is -0.128. The first-order chi connectivity index (χ1) is 10.3. The molecule has 0 spiro atoms. The van der Waals surface area contributed by atoms with Crippen LogP contribution in [-0.4, -0.2) is 50.4 Å². The molecule has 0 aliphatic carbocycles. The van der Waals surface area contributed by atoms with Crippen LogP contribution in [-0.2, 0) is 21.1 Å². The first kappa shape index (κ1) is 21.9. The van der Waals surface area contributed by atoms with Crippen LogP contribution in [0.3, 0.4) is 0 Å². The number of benzene rings is 1. The van der Waals surface area contributed by atoms with Crippen molar-refractivity contribution in [3.8, 4) is 0 Å². The van der Waals surface area contributed by atoms with E-state index in [9.17, 15) is 13.2 Å². The Hall–Kier alpha value is -1.11. The third-order valence-corrected chi connectivity index (χ3v) is 5.06. The lowest BCUT2D eigenvalue weighted by Gasteiger charge is -2.22. The van der Waals surface area contributed by atoms with Gasteiger partial charge in [-0.05, 0) is 17.9 Å². The smallest absolute Gasteiger partial charge is 0.237 e. The minimum Gasteiger partial charge on any atom is -0.340 e. The minimum absolute atomic E-state index is 0. The van der Waals surface area contributed by atoms with Crippen molar-refractivity contribution < 1.29 is 13.2 Å². The number of hydrogen-bond donors (Lipinski definition) is 1. The molecule has 0 radical (unpaired) electrons. The Morgan fingerprint density at radius 1 is 1.17 bits per heavy atom. The number of nitrogens with two attached hydrogens (primary N) is 1. The zero-order valence-electron chi connectivity index (χ0n) is 13.8. The van der Waals surface area contributed by atoms with Crippen LogP contribution in [0.5, 0.6) is 0 Å². The van der Waals surface area contributed by atoms with Crippen LogP contribution in [0.15, 0.2) is 30.3 Å². The normalized spacial score (nSPS) is 11.1. The molecule has 0 heterocycles. The van der Waals surface area contributed by atoms with Crippen LogP contribution < -0.4 is 5.73 Å². The number of hydrogen-bond acceptors (Lipinski definition) is 4. The molecule has 5 nitrogen and oxygen atoms in total. The van der Waals surface area contributed by atoms with Crippen molar-refractivity contribution >= 4 is 28.2 Å².